The standard InChI is InChI=1S/C17H21FN4O3/c1-11-9-19-7-8-21(11)14(23)10-22-15(24)17(2,20-16(22)25)12-3-5-13(18)6-4-12/h3-6,11,19H,7-10H2,1-2H3,(H,20,25)/t11-,17?/m1/s1. The lowest BCUT2D eigenvalue weighted by Crippen LogP contribution is -2.55. The van der Waals surface area contributed by atoms with Crippen LogP contribution >= 0.6 is 0 Å². The fourth-order valence-electron chi connectivity index (χ4n) is 3.26. The van der Waals surface area contributed by atoms with Crippen LogP contribution in [0.1, 0.15) is 19.4 Å². The van der Waals surface area contributed by atoms with Crippen LogP contribution in [0, 0.1) is 5.82 Å². The summed E-state index contributed by atoms with van der Waals surface area (Å²) in [5, 5.41) is 5.80. The number of benzene rings is 1. The van der Waals surface area contributed by atoms with Gasteiger partial charge >= 0.3 is 6.03 Å². The topological polar surface area (TPSA) is 81.8 Å². The van der Waals surface area contributed by atoms with E-state index in [-0.39, 0.29) is 18.5 Å². The SMILES string of the molecule is C[C@@H]1CNCCN1C(=O)CN1C(=O)NC(C)(c2ccc(F)cc2)C1=O. The molecule has 0 radical (unpaired) electrons. The Morgan fingerprint density at radius 2 is 2.00 bits per heavy atom. The first kappa shape index (κ1) is 17.3. The summed E-state index contributed by atoms with van der Waals surface area (Å²) in [6, 6.07) is 4.76. The summed E-state index contributed by atoms with van der Waals surface area (Å²) < 4.78 is 13.1. The molecule has 1 unspecified atom stereocenters. The minimum atomic E-state index is -1.31. The zero-order chi connectivity index (χ0) is 18.2. The normalized spacial score (nSPS) is 26.8. The van der Waals surface area contributed by atoms with Gasteiger partial charge in [0.15, 0.2) is 0 Å². The second-order valence-corrected chi connectivity index (χ2v) is 6.59. The van der Waals surface area contributed by atoms with Crippen molar-refractivity contribution in [1.29, 1.82) is 0 Å². The average molecular weight is 348 g/mol. The Balaban J connectivity index is 1.77. The minimum absolute atomic E-state index is 0.00509. The summed E-state index contributed by atoms with van der Waals surface area (Å²) >= 11 is 0. The molecule has 2 N–H and O–H groups in total. The molecule has 2 aliphatic rings. The van der Waals surface area contributed by atoms with Crippen LogP contribution < -0.4 is 10.6 Å². The first-order valence-electron chi connectivity index (χ1n) is 8.23. The fourth-order valence-corrected chi connectivity index (χ4v) is 3.26. The zero-order valence-electron chi connectivity index (χ0n) is 14.2. The number of amides is 4. The van der Waals surface area contributed by atoms with E-state index in [1.807, 2.05) is 6.92 Å². The molecule has 0 aromatic heterocycles. The van der Waals surface area contributed by atoms with Crippen LogP contribution in [0.5, 0.6) is 0 Å². The van der Waals surface area contributed by atoms with E-state index in [4.69, 9.17) is 0 Å². The lowest BCUT2D eigenvalue weighted by Gasteiger charge is -2.34. The van der Waals surface area contributed by atoms with Gasteiger partial charge in [-0.2, -0.15) is 0 Å². The fraction of sp³-hybridized carbons (Fsp3) is 0.471. The van der Waals surface area contributed by atoms with Crippen LogP contribution in [0.4, 0.5) is 9.18 Å². The second kappa shape index (κ2) is 6.44. The summed E-state index contributed by atoms with van der Waals surface area (Å²) in [5.41, 5.74) is -0.835. The Hall–Kier alpha value is -2.48. The quantitative estimate of drug-likeness (QED) is 0.776. The maximum atomic E-state index is 13.1. The Labute approximate surface area is 145 Å². The van der Waals surface area contributed by atoms with Crippen LogP contribution in [0.25, 0.3) is 0 Å². The van der Waals surface area contributed by atoms with Gasteiger partial charge in [-0.3, -0.25) is 14.5 Å². The molecule has 2 aliphatic heterocycles. The first-order valence-corrected chi connectivity index (χ1v) is 8.23. The number of carbonyl (C=O) groups excluding carboxylic acids is 3. The summed E-state index contributed by atoms with van der Waals surface area (Å²) in [4.78, 5) is 40.2. The molecule has 2 fully saturated rings. The third-order valence-electron chi connectivity index (χ3n) is 4.81. The lowest BCUT2D eigenvalue weighted by atomic mass is 9.92. The van der Waals surface area contributed by atoms with E-state index in [0.29, 0.717) is 25.2 Å². The van der Waals surface area contributed by atoms with Gasteiger partial charge < -0.3 is 15.5 Å². The van der Waals surface area contributed by atoms with Crippen molar-refractivity contribution in [3.63, 3.8) is 0 Å². The van der Waals surface area contributed by atoms with Crippen LogP contribution in [0.15, 0.2) is 24.3 Å². The number of carbonyl (C=O) groups is 3. The van der Waals surface area contributed by atoms with Gasteiger partial charge in [0.25, 0.3) is 5.91 Å². The van der Waals surface area contributed by atoms with Crippen molar-refractivity contribution in [2.24, 2.45) is 0 Å². The third kappa shape index (κ3) is 3.09. The van der Waals surface area contributed by atoms with Crippen molar-refractivity contribution in [1.82, 2.24) is 20.4 Å². The highest BCUT2D eigenvalue weighted by atomic mass is 19.1. The number of halogens is 1. The van der Waals surface area contributed by atoms with E-state index in [9.17, 15) is 18.8 Å². The molecular formula is C17H21FN4O3. The number of nitrogens with zero attached hydrogens (tertiary/aromatic N) is 2. The highest BCUT2D eigenvalue weighted by Crippen LogP contribution is 2.29. The van der Waals surface area contributed by atoms with Crippen molar-refractivity contribution in [3.05, 3.63) is 35.6 Å². The molecule has 2 heterocycles. The molecule has 134 valence electrons. The van der Waals surface area contributed by atoms with Gasteiger partial charge in [-0.1, -0.05) is 12.1 Å². The summed E-state index contributed by atoms with van der Waals surface area (Å²) in [7, 11) is 0. The van der Waals surface area contributed by atoms with Crippen LogP contribution in [-0.4, -0.2) is 59.9 Å². The molecule has 1 aromatic rings. The zero-order valence-corrected chi connectivity index (χ0v) is 14.2. The van der Waals surface area contributed by atoms with Gasteiger partial charge in [-0.15, -0.1) is 0 Å². The van der Waals surface area contributed by atoms with Crippen molar-refractivity contribution in [2.75, 3.05) is 26.2 Å². The molecule has 4 amide bonds. The van der Waals surface area contributed by atoms with E-state index in [1.165, 1.54) is 24.3 Å². The first-order chi connectivity index (χ1) is 11.8. The van der Waals surface area contributed by atoms with Crippen molar-refractivity contribution >= 4 is 17.8 Å². The number of hydrogen-bond acceptors (Lipinski definition) is 4. The van der Waals surface area contributed by atoms with Crippen LogP contribution in [0.2, 0.25) is 0 Å². The minimum Gasteiger partial charge on any atom is -0.336 e. The molecule has 8 heteroatoms. The molecule has 0 bridgehead atoms. The second-order valence-electron chi connectivity index (χ2n) is 6.59. The lowest BCUT2D eigenvalue weighted by molar-refractivity contribution is -0.140. The Bertz CT molecular complexity index is 708. The molecule has 3 rings (SSSR count). The average Bonchev–Trinajstić information content (AvgIpc) is 2.80. The van der Waals surface area contributed by atoms with Gasteiger partial charge in [0.2, 0.25) is 5.91 Å². The molecule has 0 saturated carbocycles. The number of piperazine rings is 1. The van der Waals surface area contributed by atoms with E-state index < -0.39 is 23.3 Å². The molecule has 0 spiro atoms. The van der Waals surface area contributed by atoms with Crippen molar-refractivity contribution in [3.8, 4) is 0 Å². The number of urea groups is 1. The smallest absolute Gasteiger partial charge is 0.325 e. The van der Waals surface area contributed by atoms with Gasteiger partial charge in [0.1, 0.15) is 17.9 Å². The Morgan fingerprint density at radius 1 is 1.32 bits per heavy atom. The van der Waals surface area contributed by atoms with Crippen LogP contribution in [-0.2, 0) is 15.1 Å². The predicted molar refractivity (Wildman–Crippen MR) is 88.0 cm³/mol. The molecule has 7 nitrogen and oxygen atoms in total. The Morgan fingerprint density at radius 3 is 2.64 bits per heavy atom. The van der Waals surface area contributed by atoms with E-state index in [0.717, 1.165) is 4.90 Å². The maximum Gasteiger partial charge on any atom is 0.325 e. The van der Waals surface area contributed by atoms with Crippen LogP contribution in [0.3, 0.4) is 0 Å². The number of imide groups is 1. The van der Waals surface area contributed by atoms with Crippen molar-refractivity contribution < 1.29 is 18.8 Å². The highest BCUT2D eigenvalue weighted by Gasteiger charge is 2.49. The molecule has 2 atom stereocenters. The summed E-state index contributed by atoms with van der Waals surface area (Å²) in [6.07, 6.45) is 0. The van der Waals surface area contributed by atoms with E-state index >= 15 is 0 Å². The summed E-state index contributed by atoms with van der Waals surface area (Å²) in [5.74, 6) is -1.20. The monoisotopic (exact) mass is 348 g/mol. The largest absolute Gasteiger partial charge is 0.336 e. The highest BCUT2D eigenvalue weighted by molar-refractivity contribution is 6.09. The van der Waals surface area contributed by atoms with E-state index in [2.05, 4.69) is 10.6 Å². The molecule has 1 aromatic carbocycles. The van der Waals surface area contributed by atoms with Gasteiger partial charge in [0, 0.05) is 25.7 Å². The number of rotatable bonds is 3. The van der Waals surface area contributed by atoms with E-state index in [1.54, 1.807) is 11.8 Å². The maximum absolute atomic E-state index is 13.1. The number of nitrogens with one attached hydrogen (secondary N) is 2. The van der Waals surface area contributed by atoms with Gasteiger partial charge in [-0.05, 0) is 31.5 Å². The number of hydrogen-bond donors (Lipinski definition) is 2. The van der Waals surface area contributed by atoms with Crippen molar-refractivity contribution in [2.45, 2.75) is 25.4 Å². The summed E-state index contributed by atoms with van der Waals surface area (Å²) in [6.45, 7) is 5.07. The molecule has 25 heavy (non-hydrogen) atoms. The van der Waals surface area contributed by atoms with Gasteiger partial charge in [-0.25, -0.2) is 9.18 Å². The predicted octanol–water partition coefficient (Wildman–Crippen LogP) is 0.413. The van der Waals surface area contributed by atoms with Gasteiger partial charge in [0.05, 0.1) is 0 Å². The Kier molecular flexibility index (Phi) is 4.47. The third-order valence-corrected chi connectivity index (χ3v) is 4.81. The molecular weight excluding hydrogens is 327 g/mol. The molecule has 0 aliphatic carbocycles. The molecule has 2 saturated heterocycles.